The van der Waals surface area contributed by atoms with E-state index in [4.69, 9.17) is 4.79 Å². The lowest BCUT2D eigenvalue weighted by atomic mass is 9.99. The fourth-order valence-corrected chi connectivity index (χ4v) is 2.83. The lowest BCUT2D eigenvalue weighted by Crippen LogP contribution is -2.28. The zero-order valence-electron chi connectivity index (χ0n) is 23.2. The van der Waals surface area contributed by atoms with Crippen molar-refractivity contribution < 1.29 is 9.59 Å². The van der Waals surface area contributed by atoms with Crippen molar-refractivity contribution in [3.8, 4) is 0 Å². The molecule has 5 nitrogen and oxygen atoms in total. The van der Waals surface area contributed by atoms with E-state index in [2.05, 4.69) is 91.4 Å². The van der Waals surface area contributed by atoms with E-state index in [-0.39, 0.29) is 0 Å². The summed E-state index contributed by atoms with van der Waals surface area (Å²) in [5.41, 5.74) is 7.28. The molecule has 5 heteroatoms. The van der Waals surface area contributed by atoms with Crippen LogP contribution in [-0.4, -0.2) is 51.3 Å². The van der Waals surface area contributed by atoms with Gasteiger partial charge < -0.3 is 20.3 Å². The summed E-state index contributed by atoms with van der Waals surface area (Å²) in [5.74, 6) is 0. The Morgan fingerprint density at radius 3 is 2.11 bits per heavy atom. The molecule has 0 spiro atoms. The number of amides is 1. The fraction of sp³-hybridized carbons (Fsp3) is 0.400. The van der Waals surface area contributed by atoms with E-state index in [0.717, 1.165) is 50.0 Å². The number of hydrogen-bond acceptors (Lipinski definition) is 4. The zero-order chi connectivity index (χ0) is 27.1. The van der Waals surface area contributed by atoms with Gasteiger partial charge in [0.1, 0.15) is 6.29 Å². The lowest BCUT2D eigenvalue weighted by molar-refractivity contribution is -0.109. The third kappa shape index (κ3) is 15.4. The molecule has 0 bridgehead atoms. The van der Waals surface area contributed by atoms with E-state index in [1.807, 2.05) is 34.0 Å². The number of benzene rings is 2. The van der Waals surface area contributed by atoms with Gasteiger partial charge in [-0.05, 0) is 74.3 Å². The van der Waals surface area contributed by atoms with Gasteiger partial charge in [-0.25, -0.2) is 0 Å². The number of aryl methyl sites for hydroxylation is 2. The summed E-state index contributed by atoms with van der Waals surface area (Å²) in [6.07, 6.45) is 6.63. The van der Waals surface area contributed by atoms with Crippen LogP contribution in [-0.2, 0) is 16.0 Å². The number of rotatable bonds is 10. The van der Waals surface area contributed by atoms with Crippen LogP contribution in [0, 0.1) is 6.92 Å². The van der Waals surface area contributed by atoms with Crippen LogP contribution in [0.25, 0.3) is 11.6 Å². The van der Waals surface area contributed by atoms with E-state index in [1.165, 1.54) is 29.2 Å². The zero-order valence-corrected chi connectivity index (χ0v) is 23.2. The number of nitrogens with zero attached hydrogens (tertiary/aromatic N) is 1. The first-order valence-electron chi connectivity index (χ1n) is 12.4. The molecule has 0 unspecified atom stereocenters. The van der Waals surface area contributed by atoms with Crippen LogP contribution in [0.4, 0.5) is 5.69 Å². The molecule has 2 N–H and O–H groups in total. The molecule has 0 saturated carbocycles. The lowest BCUT2D eigenvalue weighted by Gasteiger charge is -2.11. The van der Waals surface area contributed by atoms with Gasteiger partial charge in [-0.2, -0.15) is 0 Å². The fourth-order valence-electron chi connectivity index (χ4n) is 2.83. The summed E-state index contributed by atoms with van der Waals surface area (Å²) in [5, 5.41) is 5.85. The molecule has 0 aliphatic rings. The number of allylic oxidation sites excluding steroid dienone is 2. The minimum absolute atomic E-state index is 0.726. The average Bonchev–Trinajstić information content (AvgIpc) is 2.89. The first kappa shape index (κ1) is 34.0. The first-order chi connectivity index (χ1) is 16.9. The molecule has 1 amide bonds. The maximum absolute atomic E-state index is 9.75. The third-order valence-electron chi connectivity index (χ3n) is 4.97. The van der Waals surface area contributed by atoms with Crippen LogP contribution in [0.15, 0.2) is 55.1 Å². The number of aldehydes is 1. The van der Waals surface area contributed by atoms with Crippen LogP contribution < -0.4 is 10.6 Å². The van der Waals surface area contributed by atoms with Crippen molar-refractivity contribution in [3.05, 3.63) is 77.4 Å². The molecular weight excluding hydrogens is 434 g/mol. The van der Waals surface area contributed by atoms with Crippen LogP contribution in [0.2, 0.25) is 0 Å². The van der Waals surface area contributed by atoms with Crippen molar-refractivity contribution in [1.82, 2.24) is 10.2 Å². The Labute approximate surface area is 214 Å². The predicted molar refractivity (Wildman–Crippen MR) is 155 cm³/mol. The molecule has 0 aliphatic carbocycles. The number of carbonyl (C=O) groups is 2. The maximum Gasteiger partial charge on any atom is 0.207 e. The van der Waals surface area contributed by atoms with Gasteiger partial charge in [-0.15, -0.1) is 0 Å². The topological polar surface area (TPSA) is 61.4 Å². The molecule has 2 rings (SSSR count). The largest absolute Gasteiger partial charge is 0.388 e. The summed E-state index contributed by atoms with van der Waals surface area (Å²) >= 11 is 0. The van der Waals surface area contributed by atoms with Gasteiger partial charge >= 0.3 is 0 Å². The Balaban J connectivity index is 0. The number of anilines is 1. The van der Waals surface area contributed by atoms with Gasteiger partial charge in [0, 0.05) is 25.8 Å². The van der Waals surface area contributed by atoms with Crippen LogP contribution in [0.5, 0.6) is 0 Å². The highest BCUT2D eigenvalue weighted by atomic mass is 16.1. The molecule has 2 aromatic rings. The standard InChI is InChI=1S/C20H23N.C6H14N2O.C2H4O.C2H6/c1-5-16-9-12-20(21-4)19(13-16)14-17(6-2)18-10-7-15(3)8-11-18;1-3-8(2)5-4-7-6-9;1-2-3;1-2/h6-14,21H,2,5H2,1,3-4H3;6H,3-5H2,1-2H3,(H,7,9);2H,1H3;1-2H3/b17-14+;;;. The maximum atomic E-state index is 9.75. The summed E-state index contributed by atoms with van der Waals surface area (Å²) in [4.78, 5) is 20.7. The Morgan fingerprint density at radius 1 is 1.06 bits per heavy atom. The van der Waals surface area contributed by atoms with Gasteiger partial charge in [0.2, 0.25) is 6.41 Å². The second-order valence-corrected chi connectivity index (χ2v) is 7.40. The van der Waals surface area contributed by atoms with E-state index in [0.29, 0.717) is 0 Å². The average molecular weight is 482 g/mol. The smallest absolute Gasteiger partial charge is 0.207 e. The number of nitrogens with one attached hydrogen (secondary N) is 2. The van der Waals surface area contributed by atoms with Crippen LogP contribution in [0.3, 0.4) is 0 Å². The molecule has 0 heterocycles. The Hall–Kier alpha value is -3.18. The Morgan fingerprint density at radius 2 is 1.66 bits per heavy atom. The molecule has 35 heavy (non-hydrogen) atoms. The molecule has 194 valence electrons. The summed E-state index contributed by atoms with van der Waals surface area (Å²) in [7, 11) is 3.98. The molecule has 0 aliphatic heterocycles. The molecule has 0 radical (unpaired) electrons. The van der Waals surface area contributed by atoms with Crippen molar-refractivity contribution in [2.24, 2.45) is 0 Å². The van der Waals surface area contributed by atoms with E-state index < -0.39 is 0 Å². The van der Waals surface area contributed by atoms with Crippen molar-refractivity contribution in [2.75, 3.05) is 39.0 Å². The van der Waals surface area contributed by atoms with Crippen LogP contribution in [0.1, 0.15) is 56.9 Å². The third-order valence-corrected chi connectivity index (χ3v) is 4.97. The minimum Gasteiger partial charge on any atom is -0.388 e. The monoisotopic (exact) mass is 481 g/mol. The Kier molecular flexibility index (Phi) is 22.0. The number of carbonyl (C=O) groups excluding carboxylic acids is 2. The normalized spacial score (nSPS) is 9.80. The van der Waals surface area contributed by atoms with E-state index in [9.17, 15) is 4.79 Å². The second-order valence-electron chi connectivity index (χ2n) is 7.40. The quantitative estimate of drug-likeness (QED) is 0.182. The van der Waals surface area contributed by atoms with Gasteiger partial charge in [0.05, 0.1) is 0 Å². The molecule has 0 atom stereocenters. The highest BCUT2D eigenvalue weighted by molar-refractivity contribution is 5.90. The molecular formula is C30H47N3O2. The molecule has 0 saturated heterocycles. The van der Waals surface area contributed by atoms with Gasteiger partial charge in [-0.1, -0.05) is 76.2 Å². The summed E-state index contributed by atoms with van der Waals surface area (Å²) in [6, 6.07) is 15.1. The molecule has 2 aromatic carbocycles. The summed E-state index contributed by atoms with van der Waals surface area (Å²) in [6.45, 7) is 18.5. The second kappa shape index (κ2) is 22.6. The first-order valence-corrected chi connectivity index (χ1v) is 12.4. The summed E-state index contributed by atoms with van der Waals surface area (Å²) < 4.78 is 0. The number of hydrogen-bond donors (Lipinski definition) is 2. The highest BCUT2D eigenvalue weighted by Crippen LogP contribution is 2.25. The number of likely N-dealkylation sites (N-methyl/N-ethyl adjacent to an activating group) is 1. The van der Waals surface area contributed by atoms with Crippen LogP contribution >= 0.6 is 0 Å². The van der Waals surface area contributed by atoms with Gasteiger partial charge in [-0.3, -0.25) is 4.79 Å². The van der Waals surface area contributed by atoms with Crippen molar-refractivity contribution in [2.45, 2.75) is 48.0 Å². The molecule has 0 aromatic heterocycles. The predicted octanol–water partition coefficient (Wildman–Crippen LogP) is 6.24. The van der Waals surface area contributed by atoms with Gasteiger partial charge in [0.15, 0.2) is 0 Å². The van der Waals surface area contributed by atoms with E-state index >= 15 is 0 Å². The molecule has 0 fully saturated rings. The van der Waals surface area contributed by atoms with Crippen molar-refractivity contribution in [3.63, 3.8) is 0 Å². The van der Waals surface area contributed by atoms with Gasteiger partial charge in [0.25, 0.3) is 0 Å². The Bertz CT molecular complexity index is 858. The van der Waals surface area contributed by atoms with Crippen molar-refractivity contribution >= 4 is 30.0 Å². The SMILES string of the molecule is C=C/C(=C\c1cc(CC)ccc1NC)c1ccc(C)cc1.CC.CC=O.CCN(C)CCNC=O. The van der Waals surface area contributed by atoms with Crippen molar-refractivity contribution in [1.29, 1.82) is 0 Å². The minimum atomic E-state index is 0.726. The van der Waals surface area contributed by atoms with E-state index in [1.54, 1.807) is 0 Å². The highest BCUT2D eigenvalue weighted by Gasteiger charge is 2.03.